The maximum absolute atomic E-state index is 8.94. The number of hydrogen-bond acceptors (Lipinski definition) is 3. The van der Waals surface area contributed by atoms with E-state index in [-0.39, 0.29) is 18.7 Å². The Kier molecular flexibility index (Phi) is 4.82. The molecule has 3 heteroatoms. The first-order valence-electron chi connectivity index (χ1n) is 5.06. The Morgan fingerprint density at radius 1 is 1.40 bits per heavy atom. The van der Waals surface area contributed by atoms with E-state index in [1.165, 1.54) is 0 Å². The first-order chi connectivity index (χ1) is 7.26. The van der Waals surface area contributed by atoms with E-state index in [1.54, 1.807) is 0 Å². The molecule has 0 radical (unpaired) electrons. The van der Waals surface area contributed by atoms with Gasteiger partial charge in [0.1, 0.15) is 0 Å². The Morgan fingerprint density at radius 3 is 2.60 bits per heavy atom. The number of rotatable bonds is 5. The fourth-order valence-electron chi connectivity index (χ4n) is 1.39. The van der Waals surface area contributed by atoms with Crippen LogP contribution in [-0.2, 0) is 6.42 Å². The van der Waals surface area contributed by atoms with E-state index < -0.39 is 0 Å². The summed E-state index contributed by atoms with van der Waals surface area (Å²) in [6.07, 6.45) is 0.668. The molecule has 15 heavy (non-hydrogen) atoms. The van der Waals surface area contributed by atoms with Gasteiger partial charge < -0.3 is 5.11 Å². The first kappa shape index (κ1) is 11.7. The van der Waals surface area contributed by atoms with Gasteiger partial charge in [0.15, 0.2) is 0 Å². The third-order valence-electron chi connectivity index (χ3n) is 2.20. The molecule has 2 atom stereocenters. The summed E-state index contributed by atoms with van der Waals surface area (Å²) >= 11 is 0. The van der Waals surface area contributed by atoms with E-state index in [1.807, 2.05) is 37.3 Å². The summed E-state index contributed by atoms with van der Waals surface area (Å²) in [5.74, 6) is 0. The average molecular weight is 204 g/mol. The van der Waals surface area contributed by atoms with E-state index in [0.29, 0.717) is 6.42 Å². The molecule has 0 aromatic heterocycles. The van der Waals surface area contributed by atoms with E-state index in [2.05, 4.69) is 11.4 Å². The summed E-state index contributed by atoms with van der Waals surface area (Å²) in [6, 6.07) is 11.8. The molecule has 0 spiro atoms. The van der Waals surface area contributed by atoms with Gasteiger partial charge in [0.05, 0.1) is 18.7 Å². The second kappa shape index (κ2) is 6.18. The van der Waals surface area contributed by atoms with Gasteiger partial charge in [-0.15, -0.1) is 0 Å². The summed E-state index contributed by atoms with van der Waals surface area (Å²) in [5, 5.41) is 20.9. The van der Waals surface area contributed by atoms with Crippen LogP contribution >= 0.6 is 0 Å². The van der Waals surface area contributed by atoms with E-state index in [4.69, 9.17) is 10.4 Å². The fourth-order valence-corrected chi connectivity index (χ4v) is 1.39. The molecule has 0 aliphatic rings. The number of hydrogen-bond donors (Lipinski definition) is 2. The molecule has 0 saturated heterocycles. The van der Waals surface area contributed by atoms with Crippen molar-refractivity contribution < 1.29 is 5.11 Å². The van der Waals surface area contributed by atoms with Gasteiger partial charge in [0, 0.05) is 12.5 Å². The molecular weight excluding hydrogens is 188 g/mol. The zero-order valence-electron chi connectivity index (χ0n) is 8.85. The van der Waals surface area contributed by atoms with Crippen LogP contribution in [0.25, 0.3) is 0 Å². The molecule has 0 heterocycles. The fraction of sp³-hybridized carbons (Fsp3) is 0.417. The van der Waals surface area contributed by atoms with Crippen LogP contribution in [0.4, 0.5) is 0 Å². The number of nitrogens with zero attached hydrogens (tertiary/aromatic N) is 1. The van der Waals surface area contributed by atoms with Crippen molar-refractivity contribution in [2.45, 2.75) is 25.4 Å². The molecular formula is C12H16N2O. The van der Waals surface area contributed by atoms with Gasteiger partial charge in [0.2, 0.25) is 0 Å². The Labute approximate surface area is 90.4 Å². The highest BCUT2D eigenvalue weighted by Gasteiger charge is 2.10. The lowest BCUT2D eigenvalue weighted by molar-refractivity contribution is 0.246. The van der Waals surface area contributed by atoms with Crippen molar-refractivity contribution in [1.82, 2.24) is 5.32 Å². The minimum absolute atomic E-state index is 0.0432. The van der Waals surface area contributed by atoms with Crippen molar-refractivity contribution in [3.05, 3.63) is 35.9 Å². The lowest BCUT2D eigenvalue weighted by Crippen LogP contribution is -2.39. The van der Waals surface area contributed by atoms with Crippen LogP contribution in [0.2, 0.25) is 0 Å². The average Bonchev–Trinajstić information content (AvgIpc) is 2.29. The Bertz CT molecular complexity index is 318. The predicted molar refractivity (Wildman–Crippen MR) is 59.2 cm³/mol. The van der Waals surface area contributed by atoms with Crippen molar-refractivity contribution in [3.63, 3.8) is 0 Å². The molecule has 1 aromatic rings. The van der Waals surface area contributed by atoms with Crippen LogP contribution in [0.5, 0.6) is 0 Å². The van der Waals surface area contributed by atoms with Crippen LogP contribution in [0, 0.1) is 11.3 Å². The largest absolute Gasteiger partial charge is 0.395 e. The third-order valence-corrected chi connectivity index (χ3v) is 2.20. The minimum Gasteiger partial charge on any atom is -0.395 e. The highest BCUT2D eigenvalue weighted by molar-refractivity contribution is 5.17. The van der Waals surface area contributed by atoms with Crippen molar-refractivity contribution in [2.75, 3.05) is 6.61 Å². The van der Waals surface area contributed by atoms with Crippen molar-refractivity contribution in [1.29, 1.82) is 5.26 Å². The summed E-state index contributed by atoms with van der Waals surface area (Å²) < 4.78 is 0. The SMILES string of the molecule is CC(CO)N[C@H](C#N)Cc1ccccc1. The number of aliphatic hydroxyl groups is 1. The second-order valence-electron chi connectivity index (χ2n) is 3.62. The second-order valence-corrected chi connectivity index (χ2v) is 3.62. The molecule has 0 bridgehead atoms. The number of benzene rings is 1. The van der Waals surface area contributed by atoms with Crippen LogP contribution in [-0.4, -0.2) is 23.8 Å². The van der Waals surface area contributed by atoms with Crippen molar-refractivity contribution in [2.24, 2.45) is 0 Å². The molecule has 1 rings (SSSR count). The molecule has 0 aliphatic heterocycles. The normalized spacial score (nSPS) is 14.2. The zero-order valence-corrected chi connectivity index (χ0v) is 8.85. The van der Waals surface area contributed by atoms with Gasteiger partial charge in [-0.3, -0.25) is 5.32 Å². The van der Waals surface area contributed by atoms with E-state index in [0.717, 1.165) is 5.56 Å². The molecule has 0 aliphatic carbocycles. The summed E-state index contributed by atoms with van der Waals surface area (Å²) in [7, 11) is 0. The lowest BCUT2D eigenvalue weighted by atomic mass is 10.1. The maximum atomic E-state index is 8.94. The Morgan fingerprint density at radius 2 is 2.07 bits per heavy atom. The van der Waals surface area contributed by atoms with Gasteiger partial charge in [-0.2, -0.15) is 5.26 Å². The van der Waals surface area contributed by atoms with E-state index >= 15 is 0 Å². The van der Waals surface area contributed by atoms with Crippen molar-refractivity contribution >= 4 is 0 Å². The molecule has 0 amide bonds. The standard InChI is InChI=1S/C12H16N2O/c1-10(9-15)14-12(8-13)7-11-5-3-2-4-6-11/h2-6,10,12,14-15H,7,9H2,1H3/t10?,12-/m0/s1. The monoisotopic (exact) mass is 204 g/mol. The highest BCUT2D eigenvalue weighted by atomic mass is 16.3. The number of nitriles is 1. The third kappa shape index (κ3) is 4.11. The van der Waals surface area contributed by atoms with Crippen LogP contribution < -0.4 is 5.32 Å². The smallest absolute Gasteiger partial charge is 0.0996 e. The molecule has 2 N–H and O–H groups in total. The molecule has 3 nitrogen and oxygen atoms in total. The maximum Gasteiger partial charge on any atom is 0.0996 e. The van der Waals surface area contributed by atoms with Crippen molar-refractivity contribution in [3.8, 4) is 6.07 Å². The lowest BCUT2D eigenvalue weighted by Gasteiger charge is -2.15. The van der Waals surface area contributed by atoms with Gasteiger partial charge >= 0.3 is 0 Å². The molecule has 1 unspecified atom stereocenters. The molecule has 0 saturated carbocycles. The van der Waals surface area contributed by atoms with Crippen LogP contribution in [0.3, 0.4) is 0 Å². The first-order valence-corrected chi connectivity index (χ1v) is 5.06. The van der Waals surface area contributed by atoms with Gasteiger partial charge in [-0.25, -0.2) is 0 Å². The van der Waals surface area contributed by atoms with Gasteiger partial charge in [-0.1, -0.05) is 30.3 Å². The zero-order chi connectivity index (χ0) is 11.1. The summed E-state index contributed by atoms with van der Waals surface area (Å²) in [6.45, 7) is 1.91. The quantitative estimate of drug-likeness (QED) is 0.755. The molecule has 1 aromatic carbocycles. The molecule has 80 valence electrons. The van der Waals surface area contributed by atoms with Crippen LogP contribution in [0.1, 0.15) is 12.5 Å². The number of aliphatic hydroxyl groups excluding tert-OH is 1. The highest BCUT2D eigenvalue weighted by Crippen LogP contribution is 2.03. The van der Waals surface area contributed by atoms with Gasteiger partial charge in [0.25, 0.3) is 0 Å². The number of nitrogens with one attached hydrogen (secondary N) is 1. The summed E-state index contributed by atoms with van der Waals surface area (Å²) in [4.78, 5) is 0. The topological polar surface area (TPSA) is 56.0 Å². The minimum atomic E-state index is -0.241. The predicted octanol–water partition coefficient (Wildman–Crippen LogP) is 1.09. The Balaban J connectivity index is 2.52. The molecule has 0 fully saturated rings. The van der Waals surface area contributed by atoms with E-state index in [9.17, 15) is 0 Å². The van der Waals surface area contributed by atoms with Crippen LogP contribution in [0.15, 0.2) is 30.3 Å². The summed E-state index contributed by atoms with van der Waals surface area (Å²) in [5.41, 5.74) is 1.13. The Hall–Kier alpha value is -1.37. The van der Waals surface area contributed by atoms with Gasteiger partial charge in [-0.05, 0) is 12.5 Å².